The second kappa shape index (κ2) is 18.2. The number of rotatable bonds is 18. The van der Waals surface area contributed by atoms with Crippen molar-refractivity contribution in [1.29, 1.82) is 0 Å². The number of ether oxygens (including phenoxy) is 2. The molecule has 0 fully saturated rings. The minimum absolute atomic E-state index is 0.352. The molecule has 0 aliphatic heterocycles. The molecular formula is C30H42Cl4N2O2. The number of hydrogen-bond acceptors (Lipinski definition) is 4. The van der Waals surface area contributed by atoms with Gasteiger partial charge in [0.15, 0.2) is 0 Å². The zero-order valence-electron chi connectivity index (χ0n) is 23.3. The Hall–Kier alpha value is -1.20. The predicted molar refractivity (Wildman–Crippen MR) is 164 cm³/mol. The maximum Gasteiger partial charge on any atom is 0.125 e. The number of halogens is 4. The van der Waals surface area contributed by atoms with E-state index in [4.69, 9.17) is 55.9 Å². The zero-order valence-corrected chi connectivity index (χ0v) is 26.3. The lowest BCUT2D eigenvalue weighted by atomic mass is 10.1. The van der Waals surface area contributed by atoms with E-state index in [0.29, 0.717) is 56.2 Å². The van der Waals surface area contributed by atoms with E-state index < -0.39 is 0 Å². The Bertz CT molecular complexity index is 962. The van der Waals surface area contributed by atoms with Crippen molar-refractivity contribution in [3.63, 3.8) is 0 Å². The van der Waals surface area contributed by atoms with Gasteiger partial charge in [-0.15, -0.1) is 10.2 Å². The molecule has 8 heteroatoms. The van der Waals surface area contributed by atoms with Gasteiger partial charge in [-0.2, -0.15) is 0 Å². The molecule has 0 unspecified atom stereocenters. The first-order chi connectivity index (χ1) is 18.3. The first kappa shape index (κ1) is 33.0. The van der Waals surface area contributed by atoms with Gasteiger partial charge >= 0.3 is 0 Å². The summed E-state index contributed by atoms with van der Waals surface area (Å²) in [5.74, 6) is 1.32. The summed E-state index contributed by atoms with van der Waals surface area (Å²) in [5.41, 5.74) is 2.24. The minimum atomic E-state index is 0.352. The molecule has 0 radical (unpaired) electrons. The van der Waals surface area contributed by atoms with Gasteiger partial charge in [-0.1, -0.05) is 124 Å². The van der Waals surface area contributed by atoms with Crippen molar-refractivity contribution in [3.05, 3.63) is 43.4 Å². The highest BCUT2D eigenvalue weighted by Gasteiger charge is 2.17. The topological polar surface area (TPSA) is 43.2 Å². The molecule has 2 aromatic carbocycles. The van der Waals surface area contributed by atoms with E-state index >= 15 is 0 Å². The van der Waals surface area contributed by atoms with E-state index in [1.807, 2.05) is 13.8 Å². The standard InChI is InChI=1S/C30H42Cl4N2O2/c1-5-7-9-11-13-15-17-37-25-19-23(31)29(27(33)21(25)3)35-36-30-24(32)20-26(22(4)28(30)34)38-18-16-14-12-10-8-6-2/h19-20H,5-18H2,1-4H3. The number of azo groups is 1. The zero-order chi connectivity index (χ0) is 27.9. The highest BCUT2D eigenvalue weighted by atomic mass is 35.5. The quantitative estimate of drug-likeness (QED) is 0.126. The van der Waals surface area contributed by atoms with E-state index in [0.717, 1.165) is 36.8 Å². The van der Waals surface area contributed by atoms with Gasteiger partial charge in [0, 0.05) is 23.3 Å². The van der Waals surface area contributed by atoms with Gasteiger partial charge in [-0.3, -0.25) is 0 Å². The number of nitrogens with zero attached hydrogens (tertiary/aromatic N) is 2. The van der Waals surface area contributed by atoms with Crippen LogP contribution >= 0.6 is 46.4 Å². The smallest absolute Gasteiger partial charge is 0.125 e. The molecule has 38 heavy (non-hydrogen) atoms. The monoisotopic (exact) mass is 602 g/mol. The summed E-state index contributed by atoms with van der Waals surface area (Å²) >= 11 is 26.2. The Kier molecular flexibility index (Phi) is 15.8. The van der Waals surface area contributed by atoms with Crippen LogP contribution in [0.3, 0.4) is 0 Å². The van der Waals surface area contributed by atoms with Crippen LogP contribution in [0, 0.1) is 13.8 Å². The number of unbranched alkanes of at least 4 members (excludes halogenated alkanes) is 10. The van der Waals surface area contributed by atoms with E-state index in [-0.39, 0.29) is 0 Å². The summed E-state index contributed by atoms with van der Waals surface area (Å²) in [7, 11) is 0. The molecule has 0 aliphatic carbocycles. The Morgan fingerprint density at radius 3 is 1.26 bits per heavy atom. The molecule has 212 valence electrons. The summed E-state index contributed by atoms with van der Waals surface area (Å²) in [5, 5.41) is 10.1. The summed E-state index contributed by atoms with van der Waals surface area (Å²) in [4.78, 5) is 0. The predicted octanol–water partition coefficient (Wildman–Crippen LogP) is 12.8. The SMILES string of the molecule is CCCCCCCCOc1cc(Cl)c(N=Nc2c(Cl)cc(OCCCCCCCC)c(C)c2Cl)c(Cl)c1C. The van der Waals surface area contributed by atoms with Crippen LogP contribution in [0.5, 0.6) is 11.5 Å². The first-order valence-electron chi connectivity index (χ1n) is 14.0. The first-order valence-corrected chi connectivity index (χ1v) is 15.5. The molecule has 0 aromatic heterocycles. The van der Waals surface area contributed by atoms with E-state index in [9.17, 15) is 0 Å². The van der Waals surface area contributed by atoms with Gasteiger partial charge in [-0.05, 0) is 26.7 Å². The van der Waals surface area contributed by atoms with Gasteiger partial charge in [0.2, 0.25) is 0 Å². The van der Waals surface area contributed by atoms with Crippen LogP contribution < -0.4 is 9.47 Å². The van der Waals surface area contributed by atoms with Crippen LogP contribution in [0.4, 0.5) is 11.4 Å². The van der Waals surface area contributed by atoms with Crippen molar-refractivity contribution >= 4 is 57.8 Å². The van der Waals surface area contributed by atoms with Gasteiger partial charge in [-0.25, -0.2) is 0 Å². The molecule has 0 spiro atoms. The molecular weight excluding hydrogens is 562 g/mol. The summed E-state index contributed by atoms with van der Waals surface area (Å²) in [6.07, 6.45) is 14.4. The summed E-state index contributed by atoms with van der Waals surface area (Å²) in [6.45, 7) is 9.45. The molecule has 0 bridgehead atoms. The van der Waals surface area contributed by atoms with Crippen molar-refractivity contribution in [2.75, 3.05) is 13.2 Å². The second-order valence-corrected chi connectivity index (χ2v) is 11.3. The van der Waals surface area contributed by atoms with E-state index in [1.54, 1.807) is 12.1 Å². The molecule has 0 amide bonds. The molecule has 4 nitrogen and oxygen atoms in total. The van der Waals surface area contributed by atoms with Crippen LogP contribution in [0.1, 0.15) is 102 Å². The number of benzene rings is 2. The van der Waals surface area contributed by atoms with E-state index in [1.165, 1.54) is 51.4 Å². The fourth-order valence-corrected chi connectivity index (χ4v) is 5.10. The molecule has 0 saturated heterocycles. The molecule has 0 saturated carbocycles. The average Bonchev–Trinajstić information content (AvgIpc) is 2.90. The Morgan fingerprint density at radius 2 is 0.895 bits per heavy atom. The van der Waals surface area contributed by atoms with Crippen molar-refractivity contribution in [1.82, 2.24) is 0 Å². The Labute approximate surface area is 249 Å². The normalized spacial score (nSPS) is 11.5. The molecule has 0 aliphatic rings. The highest BCUT2D eigenvalue weighted by Crippen LogP contribution is 2.45. The molecule has 2 rings (SSSR count). The van der Waals surface area contributed by atoms with Crippen LogP contribution in [0.2, 0.25) is 20.1 Å². The third-order valence-corrected chi connectivity index (χ3v) is 8.04. The maximum absolute atomic E-state index is 6.61. The summed E-state index contributed by atoms with van der Waals surface area (Å²) < 4.78 is 11.9. The fourth-order valence-electron chi connectivity index (χ4n) is 4.08. The third kappa shape index (κ3) is 10.4. The van der Waals surface area contributed by atoms with Crippen molar-refractivity contribution < 1.29 is 9.47 Å². The van der Waals surface area contributed by atoms with Crippen LogP contribution in [-0.2, 0) is 0 Å². The van der Waals surface area contributed by atoms with Gasteiger partial charge < -0.3 is 9.47 Å². The largest absolute Gasteiger partial charge is 0.493 e. The molecule has 0 atom stereocenters. The highest BCUT2D eigenvalue weighted by molar-refractivity contribution is 6.40. The van der Waals surface area contributed by atoms with Gasteiger partial charge in [0.05, 0.1) is 33.3 Å². The van der Waals surface area contributed by atoms with Crippen LogP contribution in [-0.4, -0.2) is 13.2 Å². The second-order valence-electron chi connectivity index (χ2n) is 9.72. The van der Waals surface area contributed by atoms with Gasteiger partial charge in [0.1, 0.15) is 22.9 Å². The molecule has 2 aromatic rings. The van der Waals surface area contributed by atoms with Crippen LogP contribution in [0.15, 0.2) is 22.4 Å². The Morgan fingerprint density at radius 1 is 0.553 bits per heavy atom. The van der Waals surface area contributed by atoms with Crippen molar-refractivity contribution in [2.24, 2.45) is 10.2 Å². The lowest BCUT2D eigenvalue weighted by Gasteiger charge is -2.14. The average molecular weight is 604 g/mol. The van der Waals surface area contributed by atoms with Gasteiger partial charge in [0.25, 0.3) is 0 Å². The third-order valence-electron chi connectivity index (χ3n) is 6.54. The molecule has 0 heterocycles. The number of hydrogen-bond donors (Lipinski definition) is 0. The minimum Gasteiger partial charge on any atom is -0.493 e. The lowest BCUT2D eigenvalue weighted by molar-refractivity contribution is 0.302. The maximum atomic E-state index is 6.61. The van der Waals surface area contributed by atoms with Crippen molar-refractivity contribution in [3.8, 4) is 11.5 Å². The van der Waals surface area contributed by atoms with Crippen LogP contribution in [0.25, 0.3) is 0 Å². The van der Waals surface area contributed by atoms with E-state index in [2.05, 4.69) is 24.1 Å². The van der Waals surface area contributed by atoms with Crippen molar-refractivity contribution in [2.45, 2.75) is 105 Å². The summed E-state index contributed by atoms with van der Waals surface area (Å²) in [6, 6.07) is 3.48. The fraction of sp³-hybridized carbons (Fsp3) is 0.600. The Balaban J connectivity index is 2.04. The lowest BCUT2D eigenvalue weighted by Crippen LogP contribution is -2.00. The molecule has 0 N–H and O–H groups in total.